The van der Waals surface area contributed by atoms with Crippen LogP contribution in [0, 0.1) is 5.92 Å². The highest BCUT2D eigenvalue weighted by molar-refractivity contribution is 8.03. The molecule has 68 valence electrons. The summed E-state index contributed by atoms with van der Waals surface area (Å²) in [5.74, 6) is 1.74. The summed E-state index contributed by atoms with van der Waals surface area (Å²) >= 11 is 1.83. The summed E-state index contributed by atoms with van der Waals surface area (Å²) in [6.07, 6.45) is 3.08. The van der Waals surface area contributed by atoms with Crippen molar-refractivity contribution in [1.29, 1.82) is 0 Å². The van der Waals surface area contributed by atoms with Gasteiger partial charge >= 0.3 is 0 Å². The lowest BCUT2D eigenvalue weighted by molar-refractivity contribution is 0.648. The first-order valence-electron chi connectivity index (χ1n) is 3.75. The zero-order valence-electron chi connectivity index (χ0n) is 7.34. The molecule has 0 aromatic rings. The average molecular weight is 185 g/mol. The molecule has 0 saturated heterocycles. The minimum absolute atomic E-state index is 0. The number of thioether (sulfide) groups is 1. The predicted octanol–water partition coefficient (Wildman–Crippen LogP) is 2.03. The number of rotatable bonds is 2. The van der Waals surface area contributed by atoms with Crippen molar-refractivity contribution in [2.24, 2.45) is 10.9 Å². The van der Waals surface area contributed by atoms with E-state index in [1.807, 2.05) is 17.8 Å². The van der Waals surface area contributed by atoms with Crippen LogP contribution >= 0.6 is 11.8 Å². The molecule has 2 N–H and O–H groups in total. The Labute approximate surface area is 77.8 Å². The van der Waals surface area contributed by atoms with E-state index in [0.29, 0.717) is 5.92 Å². The molecule has 0 aromatic heterocycles. The maximum Gasteiger partial charge on any atom is 0.0560 e. The van der Waals surface area contributed by atoms with Gasteiger partial charge in [-0.2, -0.15) is 0 Å². The van der Waals surface area contributed by atoms with E-state index in [-0.39, 0.29) is 5.48 Å². The molecule has 2 nitrogen and oxygen atoms in total. The highest BCUT2D eigenvalue weighted by atomic mass is 32.2. The minimum Gasteiger partial charge on any atom is -0.412 e. The number of aliphatic imine (C=N–C) groups is 1. The average Bonchev–Trinajstić information content (AvgIpc) is 2.04. The van der Waals surface area contributed by atoms with Gasteiger partial charge in [0.25, 0.3) is 0 Å². The smallest absolute Gasteiger partial charge is 0.0560 e. The highest BCUT2D eigenvalue weighted by Crippen LogP contribution is 2.34. The maximum absolute atomic E-state index is 4.02. The normalized spacial score (nSPS) is 22.9. The Morgan fingerprint density at radius 3 is 2.75 bits per heavy atom. The maximum atomic E-state index is 4.02. The fourth-order valence-corrected chi connectivity index (χ4v) is 2.42. The summed E-state index contributed by atoms with van der Waals surface area (Å²) in [7, 11) is 0. The summed E-state index contributed by atoms with van der Waals surface area (Å²) in [5, 5.41) is 0. The monoisotopic (exact) mass is 185 g/mol. The van der Waals surface area contributed by atoms with Crippen LogP contribution < -0.4 is 0 Å². The summed E-state index contributed by atoms with van der Waals surface area (Å²) in [5.41, 5.74) is 1.12. The summed E-state index contributed by atoms with van der Waals surface area (Å²) in [6.45, 7) is 9.50. The zero-order chi connectivity index (χ0) is 8.27. The molecule has 1 heterocycles. The van der Waals surface area contributed by atoms with Gasteiger partial charge in [-0.1, -0.05) is 19.6 Å². The number of hydrogen-bond donors (Lipinski definition) is 0. The van der Waals surface area contributed by atoms with Crippen LogP contribution in [0.2, 0.25) is 0 Å². The SMILES string of the molecule is C=CC1=C(N=C)C(C)CCS1.O. The van der Waals surface area contributed by atoms with E-state index in [4.69, 9.17) is 0 Å². The molecule has 1 aliphatic heterocycles. The molecular weight excluding hydrogens is 170 g/mol. The molecule has 0 aliphatic carbocycles. The van der Waals surface area contributed by atoms with Crippen molar-refractivity contribution >= 4 is 18.5 Å². The predicted molar refractivity (Wildman–Crippen MR) is 56.6 cm³/mol. The Hall–Kier alpha value is -0.540. The highest BCUT2D eigenvalue weighted by Gasteiger charge is 2.16. The van der Waals surface area contributed by atoms with Gasteiger partial charge in [-0.3, -0.25) is 4.99 Å². The Balaban J connectivity index is 0.00000121. The molecule has 0 saturated carbocycles. The van der Waals surface area contributed by atoms with Crippen LogP contribution in [0.1, 0.15) is 13.3 Å². The zero-order valence-corrected chi connectivity index (χ0v) is 8.16. The van der Waals surface area contributed by atoms with Gasteiger partial charge < -0.3 is 5.48 Å². The molecule has 1 aliphatic rings. The van der Waals surface area contributed by atoms with Crippen LogP contribution in [0.4, 0.5) is 0 Å². The van der Waals surface area contributed by atoms with E-state index in [1.165, 1.54) is 17.1 Å². The first-order valence-corrected chi connectivity index (χ1v) is 4.74. The van der Waals surface area contributed by atoms with Gasteiger partial charge in [-0.05, 0) is 18.9 Å². The summed E-state index contributed by atoms with van der Waals surface area (Å²) in [4.78, 5) is 5.23. The Kier molecular flexibility index (Phi) is 4.93. The van der Waals surface area contributed by atoms with Crippen molar-refractivity contribution in [3.8, 4) is 0 Å². The fraction of sp³-hybridized carbons (Fsp3) is 0.444. The van der Waals surface area contributed by atoms with Gasteiger partial charge in [0.15, 0.2) is 0 Å². The van der Waals surface area contributed by atoms with Crippen LogP contribution in [0.25, 0.3) is 0 Å². The van der Waals surface area contributed by atoms with E-state index >= 15 is 0 Å². The summed E-state index contributed by atoms with van der Waals surface area (Å²) in [6, 6.07) is 0. The molecule has 0 amide bonds. The first kappa shape index (κ1) is 11.5. The Morgan fingerprint density at radius 2 is 2.33 bits per heavy atom. The lowest BCUT2D eigenvalue weighted by atomic mass is 10.0. The lowest BCUT2D eigenvalue weighted by Gasteiger charge is -2.20. The van der Waals surface area contributed by atoms with E-state index in [9.17, 15) is 0 Å². The molecule has 12 heavy (non-hydrogen) atoms. The third kappa shape index (κ3) is 2.22. The van der Waals surface area contributed by atoms with Gasteiger partial charge in [0.2, 0.25) is 0 Å². The van der Waals surface area contributed by atoms with Crippen LogP contribution in [0.15, 0.2) is 28.2 Å². The third-order valence-corrected chi connectivity index (χ3v) is 3.01. The van der Waals surface area contributed by atoms with Crippen molar-refractivity contribution in [3.63, 3.8) is 0 Å². The Bertz CT molecular complexity index is 211. The molecule has 0 fully saturated rings. The van der Waals surface area contributed by atoms with Crippen molar-refractivity contribution in [3.05, 3.63) is 23.3 Å². The van der Waals surface area contributed by atoms with E-state index < -0.39 is 0 Å². The first-order chi connectivity index (χ1) is 5.29. The van der Waals surface area contributed by atoms with Crippen molar-refractivity contribution in [2.45, 2.75) is 13.3 Å². The van der Waals surface area contributed by atoms with Crippen LogP contribution in [0.5, 0.6) is 0 Å². The standard InChI is InChI=1S/C9H13NS.H2O/c1-4-8-9(10-3)7(2)5-6-11-8;/h4,7H,1,3,5-6H2,2H3;1H2. The number of hydrogen-bond acceptors (Lipinski definition) is 2. The van der Waals surface area contributed by atoms with Crippen LogP contribution in [-0.2, 0) is 0 Å². The van der Waals surface area contributed by atoms with E-state index in [1.54, 1.807) is 0 Å². The molecular formula is C9H15NOS. The fourth-order valence-electron chi connectivity index (χ4n) is 1.20. The molecule has 1 unspecified atom stereocenters. The molecule has 0 spiro atoms. The Morgan fingerprint density at radius 1 is 1.67 bits per heavy atom. The quantitative estimate of drug-likeness (QED) is 0.607. The second kappa shape index (κ2) is 5.17. The molecule has 0 bridgehead atoms. The van der Waals surface area contributed by atoms with Gasteiger partial charge in [-0.15, -0.1) is 11.8 Å². The molecule has 0 aromatic carbocycles. The second-order valence-electron chi connectivity index (χ2n) is 2.65. The van der Waals surface area contributed by atoms with Gasteiger partial charge in [0, 0.05) is 10.8 Å². The minimum atomic E-state index is 0. The third-order valence-electron chi connectivity index (χ3n) is 1.88. The van der Waals surface area contributed by atoms with Crippen molar-refractivity contribution < 1.29 is 5.48 Å². The molecule has 1 atom stereocenters. The molecule has 1 rings (SSSR count). The van der Waals surface area contributed by atoms with Crippen LogP contribution in [0.3, 0.4) is 0 Å². The van der Waals surface area contributed by atoms with Gasteiger partial charge in [-0.25, -0.2) is 0 Å². The van der Waals surface area contributed by atoms with Crippen LogP contribution in [-0.4, -0.2) is 17.9 Å². The largest absolute Gasteiger partial charge is 0.412 e. The topological polar surface area (TPSA) is 43.9 Å². The lowest BCUT2D eigenvalue weighted by Crippen LogP contribution is -2.06. The van der Waals surface area contributed by atoms with E-state index in [0.717, 1.165) is 5.70 Å². The van der Waals surface area contributed by atoms with Gasteiger partial charge in [0.05, 0.1) is 5.70 Å². The molecule has 3 heteroatoms. The second-order valence-corrected chi connectivity index (χ2v) is 3.79. The van der Waals surface area contributed by atoms with Gasteiger partial charge in [0.1, 0.15) is 0 Å². The van der Waals surface area contributed by atoms with Crippen molar-refractivity contribution in [2.75, 3.05) is 5.75 Å². The van der Waals surface area contributed by atoms with E-state index in [2.05, 4.69) is 25.2 Å². The van der Waals surface area contributed by atoms with Crippen molar-refractivity contribution in [1.82, 2.24) is 0 Å². The number of allylic oxidation sites excluding steroid dienone is 2. The summed E-state index contributed by atoms with van der Waals surface area (Å²) < 4.78 is 0. The number of nitrogens with zero attached hydrogens (tertiary/aromatic N) is 1. The molecule has 0 radical (unpaired) electrons.